The predicted octanol–water partition coefficient (Wildman–Crippen LogP) is 13.5. The molecule has 4 N–H and O–H groups in total. The maximum absolute atomic E-state index is 6.95. The number of nitrogen functional groups attached to an aromatic ring is 1. The van der Waals surface area contributed by atoms with E-state index in [9.17, 15) is 0 Å². The van der Waals surface area contributed by atoms with E-state index >= 15 is 0 Å². The first kappa shape index (κ1) is 33.3. The molecule has 7 aromatic rings. The summed E-state index contributed by atoms with van der Waals surface area (Å²) in [5.41, 5.74) is 21.1. The Bertz CT molecular complexity index is 2800. The maximum Gasteiger partial charge on any atom is 0.0738 e. The zero-order chi connectivity index (χ0) is 36.2. The molecule has 256 valence electrons. The number of halogens is 4. The summed E-state index contributed by atoms with van der Waals surface area (Å²) in [5, 5.41) is 2.56. The average molecular weight is 768 g/mol. The van der Waals surface area contributed by atoms with Crippen molar-refractivity contribution in [3.8, 4) is 44.5 Å². The van der Waals surface area contributed by atoms with Crippen molar-refractivity contribution in [3.05, 3.63) is 158 Å². The number of fused-ring (bicyclic) bond motifs is 8. The minimum Gasteiger partial charge on any atom is -0.397 e. The Morgan fingerprint density at radius 1 is 0.377 bits per heavy atom. The van der Waals surface area contributed by atoms with Crippen molar-refractivity contribution in [2.45, 2.75) is 0 Å². The topological polar surface area (TPSA) is 83.4 Å². The molecular formula is C44H27Cl4N5. The van der Waals surface area contributed by atoms with Crippen LogP contribution in [0.3, 0.4) is 0 Å². The van der Waals surface area contributed by atoms with Gasteiger partial charge in [-0.2, -0.15) is 0 Å². The fourth-order valence-electron chi connectivity index (χ4n) is 6.99. The molecule has 53 heavy (non-hydrogen) atoms. The summed E-state index contributed by atoms with van der Waals surface area (Å²) in [5.74, 6) is 0. The van der Waals surface area contributed by atoms with Crippen LogP contribution in [0.1, 0.15) is 22.8 Å². The summed E-state index contributed by atoms with van der Waals surface area (Å²) in [6.45, 7) is 0. The van der Waals surface area contributed by atoms with Crippen molar-refractivity contribution in [2.75, 3.05) is 5.73 Å². The van der Waals surface area contributed by atoms with Gasteiger partial charge in [0.1, 0.15) is 0 Å². The van der Waals surface area contributed by atoms with Crippen LogP contribution in [0.25, 0.3) is 90.9 Å². The van der Waals surface area contributed by atoms with E-state index in [0.29, 0.717) is 25.8 Å². The van der Waals surface area contributed by atoms with Gasteiger partial charge in [-0.3, -0.25) is 0 Å². The molecule has 0 amide bonds. The summed E-state index contributed by atoms with van der Waals surface area (Å²) in [4.78, 5) is 18.0. The fourth-order valence-corrected chi connectivity index (χ4v) is 7.50. The van der Waals surface area contributed by atoms with E-state index < -0.39 is 0 Å². The number of rotatable bonds is 4. The third-order valence-corrected chi connectivity index (χ3v) is 10.4. The van der Waals surface area contributed by atoms with Crippen LogP contribution in [-0.4, -0.2) is 19.9 Å². The van der Waals surface area contributed by atoms with Crippen LogP contribution in [0.2, 0.25) is 20.1 Å². The molecule has 2 aliphatic rings. The molecule has 0 radical (unpaired) electrons. The Hall–Kier alpha value is -5.56. The highest BCUT2D eigenvalue weighted by molar-refractivity contribution is 6.31. The molecule has 0 atom stereocenters. The molecule has 5 nitrogen and oxygen atoms in total. The number of H-pyrrole nitrogens is 2. The number of nitrogens with two attached hydrogens (primary N) is 1. The quantitative estimate of drug-likeness (QED) is 0.167. The molecule has 0 saturated carbocycles. The van der Waals surface area contributed by atoms with Crippen molar-refractivity contribution in [1.29, 1.82) is 0 Å². The molecule has 0 spiro atoms. The number of aromatic amines is 2. The van der Waals surface area contributed by atoms with Gasteiger partial charge in [0.2, 0.25) is 0 Å². The highest BCUT2D eigenvalue weighted by Crippen LogP contribution is 2.40. The second kappa shape index (κ2) is 13.4. The number of hydrogen-bond acceptors (Lipinski definition) is 3. The van der Waals surface area contributed by atoms with Gasteiger partial charge in [-0.15, -0.1) is 0 Å². The van der Waals surface area contributed by atoms with Gasteiger partial charge in [0.05, 0.1) is 39.5 Å². The molecule has 0 unspecified atom stereocenters. The lowest BCUT2D eigenvalue weighted by atomic mass is 10.0. The van der Waals surface area contributed by atoms with E-state index in [2.05, 4.69) is 22.1 Å². The largest absolute Gasteiger partial charge is 0.397 e. The highest BCUT2D eigenvalue weighted by atomic mass is 35.5. The molecule has 0 fully saturated rings. The van der Waals surface area contributed by atoms with Crippen molar-refractivity contribution in [1.82, 2.24) is 19.9 Å². The van der Waals surface area contributed by atoms with Gasteiger partial charge in [0.15, 0.2) is 0 Å². The second-order valence-corrected chi connectivity index (χ2v) is 14.5. The molecular weight excluding hydrogens is 740 g/mol. The molecule has 0 saturated heterocycles. The fraction of sp³-hybridized carbons (Fsp3) is 0. The maximum atomic E-state index is 6.95. The second-order valence-electron chi connectivity index (χ2n) is 12.8. The molecule has 5 heterocycles. The Labute approximate surface area is 325 Å². The smallest absolute Gasteiger partial charge is 0.0738 e. The first-order valence-electron chi connectivity index (χ1n) is 16.8. The molecule has 9 heteroatoms. The van der Waals surface area contributed by atoms with Gasteiger partial charge < -0.3 is 15.7 Å². The van der Waals surface area contributed by atoms with E-state index in [-0.39, 0.29) is 0 Å². The predicted molar refractivity (Wildman–Crippen MR) is 225 cm³/mol. The summed E-state index contributed by atoms with van der Waals surface area (Å²) < 4.78 is 0. The van der Waals surface area contributed by atoms with E-state index in [1.807, 2.05) is 127 Å². The minimum absolute atomic E-state index is 0.564. The zero-order valence-corrected chi connectivity index (χ0v) is 30.8. The van der Waals surface area contributed by atoms with Crippen molar-refractivity contribution < 1.29 is 0 Å². The van der Waals surface area contributed by atoms with E-state index in [0.717, 1.165) is 89.4 Å². The van der Waals surface area contributed by atoms with Crippen LogP contribution in [0, 0.1) is 0 Å². The van der Waals surface area contributed by atoms with Crippen molar-refractivity contribution >= 4 is 98.5 Å². The van der Waals surface area contributed by atoms with Crippen molar-refractivity contribution in [2.24, 2.45) is 0 Å². The summed E-state index contributed by atoms with van der Waals surface area (Å²) >= 11 is 25.5. The lowest BCUT2D eigenvalue weighted by Gasteiger charge is -2.07. The molecule has 0 aliphatic carbocycles. The molecule has 3 aromatic heterocycles. The minimum atomic E-state index is 0.564. The normalized spacial score (nSPS) is 12.1. The monoisotopic (exact) mass is 765 g/mol. The van der Waals surface area contributed by atoms with Crippen LogP contribution in [-0.2, 0) is 0 Å². The van der Waals surface area contributed by atoms with E-state index in [1.165, 1.54) is 0 Å². The highest BCUT2D eigenvalue weighted by Gasteiger charge is 2.20. The van der Waals surface area contributed by atoms with E-state index in [1.54, 1.807) is 0 Å². The van der Waals surface area contributed by atoms with Gasteiger partial charge in [0, 0.05) is 53.4 Å². The number of hydrogen-bond donors (Lipinski definition) is 3. The molecule has 8 bridgehead atoms. The van der Waals surface area contributed by atoms with Gasteiger partial charge in [0.25, 0.3) is 0 Å². The van der Waals surface area contributed by atoms with Crippen LogP contribution in [0.4, 0.5) is 5.69 Å². The summed E-state index contributed by atoms with van der Waals surface area (Å²) in [6.07, 6.45) is 8.12. The van der Waals surface area contributed by atoms with Crippen LogP contribution in [0.5, 0.6) is 0 Å². The molecule has 2 aliphatic heterocycles. The lowest BCUT2D eigenvalue weighted by Crippen LogP contribution is -1.91. The first-order chi connectivity index (χ1) is 25.8. The van der Waals surface area contributed by atoms with Gasteiger partial charge in [-0.25, -0.2) is 9.97 Å². The Balaban J connectivity index is 1.49. The number of aromatic nitrogens is 4. The first-order valence-corrected chi connectivity index (χ1v) is 18.3. The Morgan fingerprint density at radius 3 is 1.21 bits per heavy atom. The van der Waals surface area contributed by atoms with Gasteiger partial charge >= 0.3 is 0 Å². The lowest BCUT2D eigenvalue weighted by molar-refractivity contribution is 1.28. The van der Waals surface area contributed by atoms with E-state index in [4.69, 9.17) is 62.1 Å². The number of nitrogens with one attached hydrogen (secondary N) is 2. The average Bonchev–Trinajstić information content (AvgIpc) is 3.99. The standard InChI is InChI=1S/C44H27Cl4N5/c45-28-9-1-24(2-10-28)40-33-17-18-34(50-33)41(25-3-11-29(46)12-4-25)36-21-22-38(52-36)43(27-7-15-31(48)16-8-27)44-32(49)23-39(53-44)42(37-20-19-35(40)51-37)26-5-13-30(47)14-6-26/h1-23,51,53H,49H2. The Morgan fingerprint density at radius 2 is 0.736 bits per heavy atom. The van der Waals surface area contributed by atoms with Crippen molar-refractivity contribution in [3.63, 3.8) is 0 Å². The number of nitrogens with zero attached hydrogens (tertiary/aromatic N) is 2. The zero-order valence-electron chi connectivity index (χ0n) is 27.8. The number of anilines is 1. The summed E-state index contributed by atoms with van der Waals surface area (Å²) in [6, 6.07) is 37.1. The van der Waals surface area contributed by atoms with Gasteiger partial charge in [-0.1, -0.05) is 94.9 Å². The summed E-state index contributed by atoms with van der Waals surface area (Å²) in [7, 11) is 0. The third-order valence-electron chi connectivity index (χ3n) is 9.43. The van der Waals surface area contributed by atoms with Gasteiger partial charge in [-0.05, 0) is 113 Å². The van der Waals surface area contributed by atoms with Crippen LogP contribution >= 0.6 is 46.4 Å². The molecule has 4 aromatic carbocycles. The third kappa shape index (κ3) is 6.22. The van der Waals surface area contributed by atoms with Crippen LogP contribution < -0.4 is 5.73 Å². The molecule has 9 rings (SSSR count). The SMILES string of the molecule is Nc1cc2[nH]c1c(-c1ccc(Cl)cc1)c1nc(c(-c3ccc(Cl)cc3)c3nc(c(-c4ccc(Cl)cc4)c4ccc([nH]4)c2-c2ccc(Cl)cc2)C=C3)C=C1. The van der Waals surface area contributed by atoms with Crippen LogP contribution in [0.15, 0.2) is 115 Å². The Kier molecular flexibility index (Phi) is 8.45. The number of benzene rings is 4.